The number of anilines is 2. The molecule has 0 unspecified atom stereocenters. The molecule has 0 aliphatic carbocycles. The number of hydrogen-bond acceptors (Lipinski definition) is 5. The first-order valence-corrected chi connectivity index (χ1v) is 8.24. The molecule has 0 bridgehead atoms. The van der Waals surface area contributed by atoms with Gasteiger partial charge in [-0.15, -0.1) is 0 Å². The SMILES string of the molecule is Cc1noc(C)c1S(=O)(=O)N1CCCNc2ccccc21. The molecule has 21 heavy (non-hydrogen) atoms. The minimum absolute atomic E-state index is 0.166. The highest BCUT2D eigenvalue weighted by Gasteiger charge is 2.32. The number of aromatic nitrogens is 1. The topological polar surface area (TPSA) is 75.4 Å². The molecule has 1 aromatic heterocycles. The zero-order chi connectivity index (χ0) is 15.0. The van der Waals surface area contributed by atoms with E-state index in [9.17, 15) is 8.42 Å². The second kappa shape index (κ2) is 5.07. The lowest BCUT2D eigenvalue weighted by atomic mass is 10.2. The van der Waals surface area contributed by atoms with Crippen LogP contribution in [0.1, 0.15) is 17.9 Å². The van der Waals surface area contributed by atoms with E-state index in [1.165, 1.54) is 4.31 Å². The Labute approximate surface area is 123 Å². The molecular formula is C14H17N3O3S. The monoisotopic (exact) mass is 307 g/mol. The molecule has 1 N–H and O–H groups in total. The normalized spacial score (nSPS) is 15.2. The smallest absolute Gasteiger partial charge is 0.269 e. The van der Waals surface area contributed by atoms with Gasteiger partial charge in [-0.2, -0.15) is 0 Å². The maximum absolute atomic E-state index is 13.0. The first-order valence-electron chi connectivity index (χ1n) is 6.80. The van der Waals surface area contributed by atoms with Crippen LogP contribution in [0, 0.1) is 13.8 Å². The number of nitrogens with zero attached hydrogens (tertiary/aromatic N) is 2. The summed E-state index contributed by atoms with van der Waals surface area (Å²) in [6, 6.07) is 7.42. The third kappa shape index (κ3) is 2.27. The summed E-state index contributed by atoms with van der Waals surface area (Å²) in [6.07, 6.45) is 0.733. The predicted octanol–water partition coefficient (Wildman–Crippen LogP) is 2.30. The molecule has 0 atom stereocenters. The minimum atomic E-state index is -3.68. The third-order valence-electron chi connectivity index (χ3n) is 3.54. The highest BCUT2D eigenvalue weighted by Crippen LogP contribution is 2.34. The maximum Gasteiger partial charge on any atom is 0.269 e. The fourth-order valence-electron chi connectivity index (χ4n) is 2.61. The second-order valence-electron chi connectivity index (χ2n) is 5.03. The summed E-state index contributed by atoms with van der Waals surface area (Å²) in [4.78, 5) is 0.166. The van der Waals surface area contributed by atoms with Crippen LogP contribution in [-0.4, -0.2) is 26.7 Å². The van der Waals surface area contributed by atoms with E-state index >= 15 is 0 Å². The summed E-state index contributed by atoms with van der Waals surface area (Å²) in [6.45, 7) is 4.43. The van der Waals surface area contributed by atoms with Crippen LogP contribution in [0.5, 0.6) is 0 Å². The molecule has 2 heterocycles. The molecular weight excluding hydrogens is 290 g/mol. The van der Waals surface area contributed by atoms with E-state index in [1.54, 1.807) is 13.8 Å². The van der Waals surface area contributed by atoms with E-state index in [4.69, 9.17) is 4.52 Å². The van der Waals surface area contributed by atoms with E-state index in [0.29, 0.717) is 23.7 Å². The van der Waals surface area contributed by atoms with E-state index < -0.39 is 10.0 Å². The van der Waals surface area contributed by atoms with Gasteiger partial charge in [0, 0.05) is 13.1 Å². The molecule has 0 spiro atoms. The van der Waals surface area contributed by atoms with Gasteiger partial charge in [0.2, 0.25) is 0 Å². The average molecular weight is 307 g/mol. The summed E-state index contributed by atoms with van der Waals surface area (Å²) in [5.41, 5.74) is 1.88. The number of para-hydroxylation sites is 2. The number of aryl methyl sites for hydroxylation is 2. The number of nitrogens with one attached hydrogen (secondary N) is 1. The molecule has 0 saturated carbocycles. The Morgan fingerprint density at radius 2 is 2.05 bits per heavy atom. The predicted molar refractivity (Wildman–Crippen MR) is 80.1 cm³/mol. The second-order valence-corrected chi connectivity index (χ2v) is 6.83. The summed E-state index contributed by atoms with van der Waals surface area (Å²) in [5.74, 6) is 0.321. The number of benzene rings is 1. The van der Waals surface area contributed by atoms with Crippen molar-refractivity contribution in [1.29, 1.82) is 0 Å². The summed E-state index contributed by atoms with van der Waals surface area (Å²) in [7, 11) is -3.68. The van der Waals surface area contributed by atoms with Crippen molar-refractivity contribution < 1.29 is 12.9 Å². The highest BCUT2D eigenvalue weighted by molar-refractivity contribution is 7.93. The number of fused-ring (bicyclic) bond motifs is 1. The molecule has 6 nitrogen and oxygen atoms in total. The molecule has 2 aromatic rings. The van der Waals surface area contributed by atoms with Gasteiger partial charge in [-0.25, -0.2) is 8.42 Å². The molecule has 1 aliphatic rings. The molecule has 0 radical (unpaired) electrons. The van der Waals surface area contributed by atoms with Crippen molar-refractivity contribution in [3.63, 3.8) is 0 Å². The Kier molecular flexibility index (Phi) is 3.36. The third-order valence-corrected chi connectivity index (χ3v) is 5.60. The number of sulfonamides is 1. The van der Waals surface area contributed by atoms with Crippen LogP contribution in [0.25, 0.3) is 0 Å². The molecule has 0 fully saturated rings. The van der Waals surface area contributed by atoms with Crippen LogP contribution < -0.4 is 9.62 Å². The lowest BCUT2D eigenvalue weighted by Crippen LogP contribution is -2.32. The lowest BCUT2D eigenvalue weighted by molar-refractivity contribution is 0.390. The summed E-state index contributed by atoms with van der Waals surface area (Å²) >= 11 is 0. The molecule has 0 saturated heterocycles. The van der Waals surface area contributed by atoms with Gasteiger partial charge in [0.1, 0.15) is 5.69 Å². The zero-order valence-corrected chi connectivity index (χ0v) is 12.8. The average Bonchev–Trinajstić information content (AvgIpc) is 2.68. The molecule has 3 rings (SSSR count). The number of hydrogen-bond donors (Lipinski definition) is 1. The van der Waals surface area contributed by atoms with Gasteiger partial charge in [-0.1, -0.05) is 17.3 Å². The molecule has 1 aliphatic heterocycles. The first-order chi connectivity index (χ1) is 10.0. The van der Waals surface area contributed by atoms with E-state index in [0.717, 1.165) is 18.7 Å². The first kappa shape index (κ1) is 13.9. The van der Waals surface area contributed by atoms with E-state index in [2.05, 4.69) is 10.5 Å². The van der Waals surface area contributed by atoms with Gasteiger partial charge in [0.05, 0.1) is 11.4 Å². The van der Waals surface area contributed by atoms with Crippen molar-refractivity contribution >= 4 is 21.4 Å². The Morgan fingerprint density at radius 1 is 1.29 bits per heavy atom. The minimum Gasteiger partial charge on any atom is -0.383 e. The highest BCUT2D eigenvalue weighted by atomic mass is 32.2. The van der Waals surface area contributed by atoms with Crippen molar-refractivity contribution in [2.45, 2.75) is 25.2 Å². The van der Waals surface area contributed by atoms with Gasteiger partial charge in [0.25, 0.3) is 10.0 Å². The van der Waals surface area contributed by atoms with Crippen LogP contribution in [0.2, 0.25) is 0 Å². The zero-order valence-electron chi connectivity index (χ0n) is 12.0. The van der Waals surface area contributed by atoms with Crippen LogP contribution in [0.15, 0.2) is 33.7 Å². The molecule has 7 heteroatoms. The fourth-order valence-corrected chi connectivity index (χ4v) is 4.43. The van der Waals surface area contributed by atoms with Crippen LogP contribution in [0.4, 0.5) is 11.4 Å². The molecule has 0 amide bonds. The van der Waals surface area contributed by atoms with Crippen LogP contribution >= 0.6 is 0 Å². The van der Waals surface area contributed by atoms with Crippen molar-refractivity contribution in [1.82, 2.24) is 5.16 Å². The van der Waals surface area contributed by atoms with Gasteiger partial charge in [0.15, 0.2) is 10.7 Å². The van der Waals surface area contributed by atoms with Crippen LogP contribution in [0.3, 0.4) is 0 Å². The standard InChI is InChI=1S/C14H17N3O3S/c1-10-14(11(2)20-16-10)21(18,19)17-9-5-8-15-12-6-3-4-7-13(12)17/h3-4,6-7,15H,5,8-9H2,1-2H3. The summed E-state index contributed by atoms with van der Waals surface area (Å²) in [5, 5.41) is 7.02. The number of rotatable bonds is 2. The Morgan fingerprint density at radius 3 is 2.76 bits per heavy atom. The molecule has 112 valence electrons. The maximum atomic E-state index is 13.0. The van der Waals surface area contributed by atoms with Gasteiger partial charge in [-0.05, 0) is 32.4 Å². The van der Waals surface area contributed by atoms with Crippen LogP contribution in [-0.2, 0) is 10.0 Å². The Balaban J connectivity index is 2.16. The van der Waals surface area contributed by atoms with Crippen molar-refractivity contribution in [3.8, 4) is 0 Å². The molecule has 1 aromatic carbocycles. The van der Waals surface area contributed by atoms with Gasteiger partial charge >= 0.3 is 0 Å². The van der Waals surface area contributed by atoms with Crippen molar-refractivity contribution in [2.24, 2.45) is 0 Å². The Bertz CT molecular complexity index is 748. The van der Waals surface area contributed by atoms with E-state index in [1.807, 2.05) is 24.3 Å². The van der Waals surface area contributed by atoms with Crippen molar-refractivity contribution in [3.05, 3.63) is 35.7 Å². The largest absolute Gasteiger partial charge is 0.383 e. The van der Waals surface area contributed by atoms with Crippen molar-refractivity contribution in [2.75, 3.05) is 22.7 Å². The van der Waals surface area contributed by atoms with E-state index in [-0.39, 0.29) is 4.90 Å². The van der Waals surface area contributed by atoms with Gasteiger partial charge in [-0.3, -0.25) is 4.31 Å². The lowest BCUT2D eigenvalue weighted by Gasteiger charge is -2.23. The quantitative estimate of drug-likeness (QED) is 0.921. The summed E-state index contributed by atoms with van der Waals surface area (Å²) < 4.78 is 32.5. The fraction of sp³-hybridized carbons (Fsp3) is 0.357. The Hall–Kier alpha value is -2.02. The van der Waals surface area contributed by atoms with Gasteiger partial charge < -0.3 is 9.84 Å².